The molecule has 2 N–H and O–H groups in total. The minimum Gasteiger partial charge on any atom is -0.489 e. The van der Waals surface area contributed by atoms with Crippen molar-refractivity contribution in [3.05, 3.63) is 106 Å². The Morgan fingerprint density at radius 3 is 2.50 bits per heavy atom. The zero-order valence-corrected chi connectivity index (χ0v) is 20.1. The van der Waals surface area contributed by atoms with E-state index in [-0.39, 0.29) is 11.6 Å². The molecule has 0 saturated heterocycles. The number of hydrogen-bond acceptors (Lipinski definition) is 4. The summed E-state index contributed by atoms with van der Waals surface area (Å²) in [6.07, 6.45) is 1.65. The number of aryl methyl sites for hydroxylation is 1. The third kappa shape index (κ3) is 5.90. The normalized spacial score (nSPS) is 10.5. The third-order valence-corrected chi connectivity index (χ3v) is 5.46. The molecule has 0 bridgehead atoms. The summed E-state index contributed by atoms with van der Waals surface area (Å²) in [4.78, 5) is 25.8. The molecule has 2 amide bonds. The molecular formula is C26H23BrN4O3. The number of amides is 2. The van der Waals surface area contributed by atoms with E-state index in [1.807, 2.05) is 55.5 Å². The van der Waals surface area contributed by atoms with Crippen LogP contribution in [0.15, 0.2) is 89.5 Å². The molecule has 0 radical (unpaired) electrons. The fourth-order valence-electron chi connectivity index (χ4n) is 3.27. The van der Waals surface area contributed by atoms with Crippen molar-refractivity contribution in [1.82, 2.24) is 9.78 Å². The summed E-state index contributed by atoms with van der Waals surface area (Å²) >= 11 is 3.42. The first-order valence-electron chi connectivity index (χ1n) is 10.7. The van der Waals surface area contributed by atoms with Gasteiger partial charge < -0.3 is 15.4 Å². The SMILES string of the molecule is CCn1cc(NC(=O)c2cccc(COc3cccc(Br)c3)c2)c(C(=O)Nc2ccccc2)n1. The maximum atomic E-state index is 13.0. The number of hydrogen-bond donors (Lipinski definition) is 2. The number of rotatable bonds is 8. The molecule has 34 heavy (non-hydrogen) atoms. The number of ether oxygens (including phenoxy) is 1. The fraction of sp³-hybridized carbons (Fsp3) is 0.115. The highest BCUT2D eigenvalue weighted by molar-refractivity contribution is 9.10. The molecular weight excluding hydrogens is 496 g/mol. The van der Waals surface area contributed by atoms with Gasteiger partial charge in [0, 0.05) is 28.5 Å². The summed E-state index contributed by atoms with van der Waals surface area (Å²) < 4.78 is 8.36. The molecule has 7 nitrogen and oxygen atoms in total. The van der Waals surface area contributed by atoms with Crippen LogP contribution in [0.3, 0.4) is 0 Å². The van der Waals surface area contributed by atoms with Gasteiger partial charge in [0.15, 0.2) is 5.69 Å². The molecule has 0 atom stereocenters. The molecule has 0 fully saturated rings. The Morgan fingerprint density at radius 1 is 0.941 bits per heavy atom. The van der Waals surface area contributed by atoms with E-state index in [4.69, 9.17) is 4.74 Å². The number of nitrogens with one attached hydrogen (secondary N) is 2. The third-order valence-electron chi connectivity index (χ3n) is 4.97. The number of para-hydroxylation sites is 1. The molecule has 4 aromatic rings. The van der Waals surface area contributed by atoms with E-state index in [1.165, 1.54) is 0 Å². The summed E-state index contributed by atoms with van der Waals surface area (Å²) in [6, 6.07) is 23.8. The van der Waals surface area contributed by atoms with Crippen molar-refractivity contribution in [3.63, 3.8) is 0 Å². The highest BCUT2D eigenvalue weighted by Gasteiger charge is 2.19. The van der Waals surface area contributed by atoms with Crippen LogP contribution in [-0.2, 0) is 13.2 Å². The van der Waals surface area contributed by atoms with Crippen LogP contribution < -0.4 is 15.4 Å². The lowest BCUT2D eigenvalue weighted by atomic mass is 10.1. The highest BCUT2D eigenvalue weighted by Crippen LogP contribution is 2.20. The topological polar surface area (TPSA) is 85.2 Å². The Labute approximate surface area is 205 Å². The number of anilines is 2. The van der Waals surface area contributed by atoms with E-state index in [9.17, 15) is 9.59 Å². The van der Waals surface area contributed by atoms with Crippen LogP contribution in [0.2, 0.25) is 0 Å². The Bertz CT molecular complexity index is 1300. The Morgan fingerprint density at radius 2 is 1.74 bits per heavy atom. The summed E-state index contributed by atoms with van der Waals surface area (Å²) in [5.74, 6) is -0.0103. The first kappa shape index (κ1) is 23.3. The number of halogens is 1. The van der Waals surface area contributed by atoms with Gasteiger partial charge >= 0.3 is 0 Å². The molecule has 0 spiro atoms. The van der Waals surface area contributed by atoms with Crippen LogP contribution in [0.25, 0.3) is 0 Å². The van der Waals surface area contributed by atoms with Crippen molar-refractivity contribution in [2.45, 2.75) is 20.1 Å². The monoisotopic (exact) mass is 518 g/mol. The Balaban J connectivity index is 1.47. The molecule has 8 heteroatoms. The van der Waals surface area contributed by atoms with Crippen molar-refractivity contribution in [2.24, 2.45) is 0 Å². The van der Waals surface area contributed by atoms with E-state index in [0.717, 1.165) is 15.8 Å². The molecule has 1 aromatic heterocycles. The lowest BCUT2D eigenvalue weighted by molar-refractivity contribution is 0.102. The molecule has 3 aromatic carbocycles. The Kier molecular flexibility index (Phi) is 7.39. The zero-order chi connectivity index (χ0) is 23.9. The number of aromatic nitrogens is 2. The molecule has 0 aliphatic carbocycles. The Hall–Kier alpha value is -3.91. The lowest BCUT2D eigenvalue weighted by Crippen LogP contribution is -2.18. The molecule has 1 heterocycles. The van der Waals surface area contributed by atoms with E-state index >= 15 is 0 Å². The van der Waals surface area contributed by atoms with Crippen molar-refractivity contribution in [1.29, 1.82) is 0 Å². The maximum Gasteiger partial charge on any atom is 0.278 e. The van der Waals surface area contributed by atoms with Gasteiger partial charge in [-0.15, -0.1) is 0 Å². The van der Waals surface area contributed by atoms with Gasteiger partial charge in [0.25, 0.3) is 11.8 Å². The standard InChI is InChI=1S/C26H23BrN4O3/c1-2-31-16-23(24(30-31)26(33)28-21-11-4-3-5-12-21)29-25(32)19-9-6-8-18(14-19)17-34-22-13-7-10-20(27)15-22/h3-16H,2,17H2,1H3,(H,28,33)(H,29,32). The van der Waals surface area contributed by atoms with Crippen molar-refractivity contribution in [2.75, 3.05) is 10.6 Å². The summed E-state index contributed by atoms with van der Waals surface area (Å²) in [7, 11) is 0. The molecule has 4 rings (SSSR count). The van der Waals surface area contributed by atoms with E-state index in [2.05, 4.69) is 31.7 Å². The van der Waals surface area contributed by atoms with Crippen LogP contribution in [0.4, 0.5) is 11.4 Å². The van der Waals surface area contributed by atoms with Crippen LogP contribution >= 0.6 is 15.9 Å². The second-order valence-corrected chi connectivity index (χ2v) is 8.38. The first-order chi connectivity index (χ1) is 16.5. The number of nitrogens with zero attached hydrogens (tertiary/aromatic N) is 2. The number of carbonyl (C=O) groups is 2. The summed E-state index contributed by atoms with van der Waals surface area (Å²) in [6.45, 7) is 2.78. The smallest absolute Gasteiger partial charge is 0.278 e. The molecule has 172 valence electrons. The average molecular weight is 519 g/mol. The lowest BCUT2D eigenvalue weighted by Gasteiger charge is -2.09. The minimum atomic E-state index is -0.398. The van der Waals surface area contributed by atoms with Gasteiger partial charge in [-0.1, -0.05) is 52.3 Å². The molecule has 0 aliphatic heterocycles. The largest absolute Gasteiger partial charge is 0.489 e. The van der Waals surface area contributed by atoms with Crippen molar-refractivity contribution in [3.8, 4) is 5.75 Å². The van der Waals surface area contributed by atoms with Crippen molar-refractivity contribution >= 4 is 39.1 Å². The summed E-state index contributed by atoms with van der Waals surface area (Å²) in [5.41, 5.74) is 2.44. The fourth-order valence-corrected chi connectivity index (χ4v) is 3.65. The molecule has 0 saturated carbocycles. The van der Waals surface area contributed by atoms with Crippen LogP contribution in [0, 0.1) is 0 Å². The number of carbonyl (C=O) groups excluding carboxylic acids is 2. The molecule has 0 aliphatic rings. The second kappa shape index (κ2) is 10.8. The van der Waals surface area contributed by atoms with Crippen LogP contribution in [0.5, 0.6) is 5.75 Å². The predicted molar refractivity (Wildman–Crippen MR) is 135 cm³/mol. The van der Waals surface area contributed by atoms with Gasteiger partial charge in [-0.05, 0) is 55.0 Å². The average Bonchev–Trinajstić information content (AvgIpc) is 3.26. The van der Waals surface area contributed by atoms with Crippen LogP contribution in [-0.4, -0.2) is 21.6 Å². The minimum absolute atomic E-state index is 0.146. The first-order valence-corrected chi connectivity index (χ1v) is 11.5. The molecule has 0 unspecified atom stereocenters. The van der Waals surface area contributed by atoms with Gasteiger partial charge in [-0.3, -0.25) is 14.3 Å². The number of benzene rings is 3. The second-order valence-electron chi connectivity index (χ2n) is 7.47. The van der Waals surface area contributed by atoms with Gasteiger partial charge in [-0.2, -0.15) is 5.10 Å². The van der Waals surface area contributed by atoms with Crippen LogP contribution in [0.1, 0.15) is 33.3 Å². The van der Waals surface area contributed by atoms with E-state index in [0.29, 0.717) is 30.1 Å². The highest BCUT2D eigenvalue weighted by atomic mass is 79.9. The van der Waals surface area contributed by atoms with Gasteiger partial charge in [0.2, 0.25) is 0 Å². The van der Waals surface area contributed by atoms with E-state index in [1.54, 1.807) is 41.2 Å². The van der Waals surface area contributed by atoms with E-state index < -0.39 is 5.91 Å². The van der Waals surface area contributed by atoms with Gasteiger partial charge in [0.1, 0.15) is 12.4 Å². The maximum absolute atomic E-state index is 13.0. The van der Waals surface area contributed by atoms with Crippen molar-refractivity contribution < 1.29 is 14.3 Å². The van der Waals surface area contributed by atoms with Gasteiger partial charge in [-0.25, -0.2) is 0 Å². The quantitative estimate of drug-likeness (QED) is 0.311. The van der Waals surface area contributed by atoms with Gasteiger partial charge in [0.05, 0.1) is 5.69 Å². The summed E-state index contributed by atoms with van der Waals surface area (Å²) in [5, 5.41) is 9.96. The zero-order valence-electron chi connectivity index (χ0n) is 18.5. The predicted octanol–water partition coefficient (Wildman–Crippen LogP) is 5.75.